The number of carbonyl (C=O) groups is 1. The first-order valence-electron chi connectivity index (χ1n) is 9.68. The van der Waals surface area contributed by atoms with Gasteiger partial charge in [-0.15, -0.1) is 0 Å². The molecule has 0 N–H and O–H groups in total. The second kappa shape index (κ2) is 8.40. The van der Waals surface area contributed by atoms with Gasteiger partial charge < -0.3 is 14.2 Å². The summed E-state index contributed by atoms with van der Waals surface area (Å²) >= 11 is 0. The van der Waals surface area contributed by atoms with Crippen molar-refractivity contribution in [3.63, 3.8) is 0 Å². The smallest absolute Gasteiger partial charge is 0.228 e. The molecule has 28 heavy (non-hydrogen) atoms. The van der Waals surface area contributed by atoms with Crippen LogP contribution in [0.5, 0.6) is 0 Å². The van der Waals surface area contributed by atoms with Gasteiger partial charge in [0.25, 0.3) is 0 Å². The van der Waals surface area contributed by atoms with E-state index in [1.807, 2.05) is 40.9 Å². The summed E-state index contributed by atoms with van der Waals surface area (Å²) in [5.74, 6) is 0.967. The van der Waals surface area contributed by atoms with Crippen molar-refractivity contribution in [2.24, 2.45) is 13.0 Å². The van der Waals surface area contributed by atoms with Crippen LogP contribution in [0.15, 0.2) is 67.0 Å². The van der Waals surface area contributed by atoms with Gasteiger partial charge in [0.05, 0.1) is 19.1 Å². The van der Waals surface area contributed by atoms with Crippen LogP contribution in [0.25, 0.3) is 11.1 Å². The highest BCUT2D eigenvalue weighted by atomic mass is 16.5. The molecule has 0 aliphatic carbocycles. The molecule has 144 valence electrons. The summed E-state index contributed by atoms with van der Waals surface area (Å²) < 4.78 is 7.41. The van der Waals surface area contributed by atoms with Crippen LogP contribution in [-0.2, 0) is 29.7 Å². The van der Waals surface area contributed by atoms with Gasteiger partial charge in [0.15, 0.2) is 0 Å². The Morgan fingerprint density at radius 3 is 2.68 bits per heavy atom. The summed E-state index contributed by atoms with van der Waals surface area (Å²) in [6.45, 7) is 2.23. The van der Waals surface area contributed by atoms with Crippen LogP contribution in [0.1, 0.15) is 17.8 Å². The summed E-state index contributed by atoms with van der Waals surface area (Å²) in [6, 6.07) is 18.7. The number of rotatable bonds is 6. The highest BCUT2D eigenvalue weighted by Crippen LogP contribution is 2.23. The summed E-state index contributed by atoms with van der Waals surface area (Å²) in [4.78, 5) is 19.5. The van der Waals surface area contributed by atoms with Crippen molar-refractivity contribution < 1.29 is 9.53 Å². The predicted molar refractivity (Wildman–Crippen MR) is 108 cm³/mol. The Kier molecular flexibility index (Phi) is 5.53. The molecular formula is C23H25N3O2. The molecule has 1 aliphatic rings. The van der Waals surface area contributed by atoms with E-state index in [1.165, 1.54) is 5.56 Å². The van der Waals surface area contributed by atoms with Crippen LogP contribution < -0.4 is 0 Å². The van der Waals surface area contributed by atoms with Crippen molar-refractivity contribution in [1.82, 2.24) is 14.5 Å². The molecule has 2 aromatic carbocycles. The zero-order valence-electron chi connectivity index (χ0n) is 16.1. The largest absolute Gasteiger partial charge is 0.381 e. The zero-order valence-corrected chi connectivity index (χ0v) is 16.1. The summed E-state index contributed by atoms with van der Waals surface area (Å²) in [7, 11) is 1.96. The molecule has 1 fully saturated rings. The molecule has 1 saturated heterocycles. The number of hydrogen-bond acceptors (Lipinski definition) is 3. The van der Waals surface area contributed by atoms with Crippen molar-refractivity contribution in [2.45, 2.75) is 19.5 Å². The third-order valence-electron chi connectivity index (χ3n) is 5.25. The Balaban J connectivity index is 1.58. The van der Waals surface area contributed by atoms with Crippen LogP contribution in [0, 0.1) is 5.92 Å². The first-order chi connectivity index (χ1) is 13.7. The van der Waals surface area contributed by atoms with E-state index in [0.717, 1.165) is 23.4 Å². The molecular weight excluding hydrogens is 350 g/mol. The monoisotopic (exact) mass is 375 g/mol. The number of amides is 1. The molecule has 4 rings (SSSR count). The number of ether oxygens (including phenoxy) is 1. The average molecular weight is 375 g/mol. The highest BCUT2D eigenvalue weighted by molar-refractivity contribution is 5.79. The van der Waals surface area contributed by atoms with Gasteiger partial charge in [0, 0.05) is 32.6 Å². The van der Waals surface area contributed by atoms with Crippen molar-refractivity contribution in [3.05, 3.63) is 78.4 Å². The minimum absolute atomic E-state index is 0.0578. The molecule has 1 aliphatic heterocycles. The highest BCUT2D eigenvalue weighted by Gasteiger charge is 2.28. The van der Waals surface area contributed by atoms with Crippen molar-refractivity contribution >= 4 is 5.91 Å². The van der Waals surface area contributed by atoms with Gasteiger partial charge in [-0.3, -0.25) is 4.79 Å². The minimum atomic E-state index is -0.0578. The number of aryl methyl sites for hydroxylation is 1. The molecule has 0 bridgehead atoms. The van der Waals surface area contributed by atoms with Crippen molar-refractivity contribution in [1.29, 1.82) is 0 Å². The third kappa shape index (κ3) is 4.15. The third-order valence-corrected chi connectivity index (χ3v) is 5.25. The zero-order chi connectivity index (χ0) is 19.3. The number of benzene rings is 2. The van der Waals surface area contributed by atoms with Crippen molar-refractivity contribution in [2.75, 3.05) is 13.2 Å². The summed E-state index contributed by atoms with van der Waals surface area (Å²) in [5, 5.41) is 0. The quantitative estimate of drug-likeness (QED) is 0.661. The predicted octanol–water partition coefficient (Wildman–Crippen LogP) is 3.65. The van der Waals surface area contributed by atoms with E-state index in [2.05, 4.69) is 41.4 Å². The van der Waals surface area contributed by atoms with Crippen LogP contribution in [0.4, 0.5) is 0 Å². The van der Waals surface area contributed by atoms with E-state index in [9.17, 15) is 4.79 Å². The first kappa shape index (κ1) is 18.4. The maximum absolute atomic E-state index is 13.2. The lowest BCUT2D eigenvalue weighted by atomic mass is 10.0. The van der Waals surface area contributed by atoms with E-state index < -0.39 is 0 Å². The van der Waals surface area contributed by atoms with E-state index in [-0.39, 0.29) is 11.8 Å². The van der Waals surface area contributed by atoms with E-state index >= 15 is 0 Å². The van der Waals surface area contributed by atoms with Crippen LogP contribution >= 0.6 is 0 Å². The van der Waals surface area contributed by atoms with Gasteiger partial charge in [-0.2, -0.15) is 0 Å². The van der Waals surface area contributed by atoms with E-state index in [1.54, 1.807) is 6.20 Å². The lowest BCUT2D eigenvalue weighted by molar-refractivity contribution is -0.137. The number of imidazole rings is 1. The molecule has 3 aromatic rings. The second-order valence-electron chi connectivity index (χ2n) is 7.28. The molecule has 1 amide bonds. The average Bonchev–Trinajstić information content (AvgIpc) is 3.40. The molecule has 1 atom stereocenters. The number of nitrogens with zero attached hydrogens (tertiary/aromatic N) is 3. The van der Waals surface area contributed by atoms with Gasteiger partial charge >= 0.3 is 0 Å². The minimum Gasteiger partial charge on any atom is -0.381 e. The van der Waals surface area contributed by atoms with Gasteiger partial charge in [-0.1, -0.05) is 48.5 Å². The molecule has 1 aromatic heterocycles. The Morgan fingerprint density at radius 1 is 1.14 bits per heavy atom. The normalized spacial score (nSPS) is 16.2. The number of carbonyl (C=O) groups excluding carboxylic acids is 1. The fourth-order valence-electron chi connectivity index (χ4n) is 3.62. The molecule has 0 saturated carbocycles. The molecule has 0 radical (unpaired) electrons. The Labute approximate surface area is 165 Å². The van der Waals surface area contributed by atoms with Gasteiger partial charge in [0.2, 0.25) is 5.91 Å². The molecule has 0 spiro atoms. The van der Waals surface area contributed by atoms with E-state index in [0.29, 0.717) is 26.3 Å². The fourth-order valence-corrected chi connectivity index (χ4v) is 3.62. The molecule has 0 unspecified atom stereocenters. The standard InChI is InChI=1S/C23H25N3O2/c1-25-12-11-24-22(25)16-26(23(27)21-10-13-28-17-21)15-18-6-5-9-20(14-18)19-7-3-2-4-8-19/h2-9,11-12,14,21H,10,13,15-17H2,1H3/t21-/m1/s1. The first-order valence-corrected chi connectivity index (χ1v) is 9.68. The summed E-state index contributed by atoms with van der Waals surface area (Å²) in [5.41, 5.74) is 3.45. The number of hydrogen-bond donors (Lipinski definition) is 0. The maximum Gasteiger partial charge on any atom is 0.228 e. The SMILES string of the molecule is Cn1ccnc1CN(Cc1cccc(-c2ccccc2)c1)C(=O)[C@@H]1CCOC1. The Hall–Kier alpha value is -2.92. The summed E-state index contributed by atoms with van der Waals surface area (Å²) in [6.07, 6.45) is 4.47. The molecule has 2 heterocycles. The number of aromatic nitrogens is 2. The second-order valence-corrected chi connectivity index (χ2v) is 7.28. The maximum atomic E-state index is 13.2. The van der Waals surface area contributed by atoms with Gasteiger partial charge in [0.1, 0.15) is 5.82 Å². The van der Waals surface area contributed by atoms with E-state index in [4.69, 9.17) is 4.74 Å². The lowest BCUT2D eigenvalue weighted by Gasteiger charge is -2.25. The van der Waals surface area contributed by atoms with Gasteiger partial charge in [-0.05, 0) is 29.2 Å². The Bertz CT molecular complexity index is 930. The van der Waals surface area contributed by atoms with Crippen LogP contribution in [-0.4, -0.2) is 33.6 Å². The Morgan fingerprint density at radius 2 is 1.96 bits per heavy atom. The topological polar surface area (TPSA) is 47.4 Å². The lowest BCUT2D eigenvalue weighted by Crippen LogP contribution is -2.36. The van der Waals surface area contributed by atoms with Gasteiger partial charge in [-0.25, -0.2) is 4.98 Å². The molecule has 5 heteroatoms. The van der Waals surface area contributed by atoms with Crippen LogP contribution in [0.2, 0.25) is 0 Å². The fraction of sp³-hybridized carbons (Fsp3) is 0.304. The molecule has 5 nitrogen and oxygen atoms in total. The van der Waals surface area contributed by atoms with Crippen LogP contribution in [0.3, 0.4) is 0 Å². The van der Waals surface area contributed by atoms with Crippen molar-refractivity contribution in [3.8, 4) is 11.1 Å².